The predicted octanol–water partition coefficient (Wildman–Crippen LogP) is 0.806. The van der Waals surface area contributed by atoms with Gasteiger partial charge in [-0.2, -0.15) is 5.10 Å². The van der Waals surface area contributed by atoms with Crippen LogP contribution in [0.5, 0.6) is 0 Å². The molecule has 2 N–H and O–H groups in total. The van der Waals surface area contributed by atoms with Crippen molar-refractivity contribution in [3.8, 4) is 0 Å². The zero-order chi connectivity index (χ0) is 11.5. The minimum absolute atomic E-state index is 0.562. The molecule has 0 saturated heterocycles. The van der Waals surface area contributed by atoms with Gasteiger partial charge in [-0.25, -0.2) is 4.98 Å². The predicted molar refractivity (Wildman–Crippen MR) is 63.3 cm³/mol. The van der Waals surface area contributed by atoms with E-state index in [4.69, 9.17) is 5.73 Å². The first-order chi connectivity index (χ1) is 7.72. The monoisotopic (exact) mass is 221 g/mol. The van der Waals surface area contributed by atoms with Gasteiger partial charge in [0.15, 0.2) is 0 Å². The summed E-state index contributed by atoms with van der Waals surface area (Å²) in [5.74, 6) is 0.734. The maximum atomic E-state index is 5.63. The number of aryl methyl sites for hydroxylation is 2. The summed E-state index contributed by atoms with van der Waals surface area (Å²) >= 11 is 0. The summed E-state index contributed by atoms with van der Waals surface area (Å²) in [5, 5.41) is 8.30. The number of hydrogen-bond acceptors (Lipinski definition) is 5. The van der Waals surface area contributed by atoms with Gasteiger partial charge >= 0.3 is 0 Å². The second-order valence-corrected chi connectivity index (χ2v) is 4.35. The van der Waals surface area contributed by atoms with Gasteiger partial charge in [-0.1, -0.05) is 0 Å². The Kier molecular flexibility index (Phi) is 3.33. The average Bonchev–Trinajstić information content (AvgIpc) is 2.19. The molecule has 1 heterocycles. The third-order valence-corrected chi connectivity index (χ3v) is 3.22. The molecule has 1 aliphatic rings. The third kappa shape index (κ3) is 2.14. The lowest BCUT2D eigenvalue weighted by Crippen LogP contribution is -2.44. The molecule has 1 saturated carbocycles. The van der Waals surface area contributed by atoms with E-state index in [0.717, 1.165) is 23.9 Å². The van der Waals surface area contributed by atoms with Gasteiger partial charge in [0.25, 0.3) is 0 Å². The minimum Gasteiger partial charge on any atom is -0.335 e. The molecule has 5 nitrogen and oxygen atoms in total. The van der Waals surface area contributed by atoms with E-state index in [1.165, 1.54) is 19.3 Å². The molecule has 88 valence electrons. The first-order valence-corrected chi connectivity index (χ1v) is 5.87. The van der Waals surface area contributed by atoms with Gasteiger partial charge < -0.3 is 10.6 Å². The van der Waals surface area contributed by atoms with E-state index < -0.39 is 0 Å². The zero-order valence-electron chi connectivity index (χ0n) is 9.98. The first-order valence-electron chi connectivity index (χ1n) is 5.87. The number of hydrogen-bond donors (Lipinski definition) is 1. The molecular formula is C11H19N5. The summed E-state index contributed by atoms with van der Waals surface area (Å²) in [6.07, 6.45) is 3.73. The van der Waals surface area contributed by atoms with E-state index in [-0.39, 0.29) is 0 Å². The van der Waals surface area contributed by atoms with Gasteiger partial charge in [-0.05, 0) is 33.1 Å². The topological polar surface area (TPSA) is 67.9 Å². The Balaban J connectivity index is 2.20. The number of nitrogens with zero attached hydrogens (tertiary/aromatic N) is 4. The third-order valence-electron chi connectivity index (χ3n) is 3.22. The van der Waals surface area contributed by atoms with Crippen molar-refractivity contribution >= 4 is 5.95 Å². The molecule has 0 aromatic carbocycles. The zero-order valence-corrected chi connectivity index (χ0v) is 9.98. The van der Waals surface area contributed by atoms with Crippen LogP contribution in [0.25, 0.3) is 0 Å². The summed E-state index contributed by atoms with van der Waals surface area (Å²) in [6, 6.07) is 0.562. The van der Waals surface area contributed by atoms with Crippen LogP contribution in [0.4, 0.5) is 5.95 Å². The van der Waals surface area contributed by atoms with Crippen LogP contribution in [0.2, 0.25) is 0 Å². The molecule has 0 bridgehead atoms. The number of aromatic nitrogens is 3. The highest BCUT2D eigenvalue weighted by Crippen LogP contribution is 2.27. The molecule has 0 unspecified atom stereocenters. The lowest BCUT2D eigenvalue weighted by molar-refractivity contribution is 0.382. The normalized spacial score (nSPS) is 15.9. The number of anilines is 1. The molecule has 1 aromatic heterocycles. The molecule has 16 heavy (non-hydrogen) atoms. The van der Waals surface area contributed by atoms with Crippen LogP contribution in [0.15, 0.2) is 0 Å². The summed E-state index contributed by atoms with van der Waals surface area (Å²) in [6.45, 7) is 5.34. The van der Waals surface area contributed by atoms with Crippen molar-refractivity contribution in [1.29, 1.82) is 0 Å². The molecule has 5 heteroatoms. The summed E-state index contributed by atoms with van der Waals surface area (Å²) in [7, 11) is 0. The second kappa shape index (κ2) is 4.74. The van der Waals surface area contributed by atoms with Crippen molar-refractivity contribution in [2.24, 2.45) is 5.73 Å². The molecule has 0 amide bonds. The molecule has 1 aliphatic carbocycles. The SMILES string of the molecule is Cc1nnc(N(CCN)C2CCC2)nc1C. The lowest BCUT2D eigenvalue weighted by Gasteiger charge is -2.37. The fourth-order valence-corrected chi connectivity index (χ4v) is 1.85. The Morgan fingerprint density at radius 3 is 2.50 bits per heavy atom. The quantitative estimate of drug-likeness (QED) is 0.814. The minimum atomic E-state index is 0.562. The average molecular weight is 221 g/mol. The first kappa shape index (κ1) is 11.3. The lowest BCUT2D eigenvalue weighted by atomic mass is 9.92. The van der Waals surface area contributed by atoms with Crippen molar-refractivity contribution < 1.29 is 0 Å². The van der Waals surface area contributed by atoms with Crippen LogP contribution < -0.4 is 10.6 Å². The van der Waals surface area contributed by atoms with E-state index in [1.54, 1.807) is 0 Å². The summed E-state index contributed by atoms with van der Waals surface area (Å²) < 4.78 is 0. The van der Waals surface area contributed by atoms with E-state index in [2.05, 4.69) is 20.1 Å². The van der Waals surface area contributed by atoms with Crippen molar-refractivity contribution in [1.82, 2.24) is 15.2 Å². The second-order valence-electron chi connectivity index (χ2n) is 4.35. The van der Waals surface area contributed by atoms with Crippen LogP contribution in [0, 0.1) is 13.8 Å². The fourth-order valence-electron chi connectivity index (χ4n) is 1.85. The highest BCUT2D eigenvalue weighted by atomic mass is 15.3. The maximum Gasteiger partial charge on any atom is 0.245 e. The highest BCUT2D eigenvalue weighted by molar-refractivity contribution is 5.32. The van der Waals surface area contributed by atoms with Gasteiger partial charge in [0.1, 0.15) is 0 Å². The summed E-state index contributed by atoms with van der Waals surface area (Å²) in [4.78, 5) is 6.69. The number of rotatable bonds is 4. The van der Waals surface area contributed by atoms with Crippen LogP contribution in [-0.4, -0.2) is 34.3 Å². The van der Waals surface area contributed by atoms with E-state index in [9.17, 15) is 0 Å². The highest BCUT2D eigenvalue weighted by Gasteiger charge is 2.26. The van der Waals surface area contributed by atoms with Gasteiger partial charge in [-0.3, -0.25) is 0 Å². The fraction of sp³-hybridized carbons (Fsp3) is 0.727. The Morgan fingerprint density at radius 1 is 1.25 bits per heavy atom. The van der Waals surface area contributed by atoms with E-state index in [1.807, 2.05) is 13.8 Å². The van der Waals surface area contributed by atoms with Crippen LogP contribution in [-0.2, 0) is 0 Å². The van der Waals surface area contributed by atoms with Crippen molar-refractivity contribution in [2.45, 2.75) is 39.2 Å². The van der Waals surface area contributed by atoms with Gasteiger partial charge in [0.05, 0.1) is 11.4 Å². The largest absolute Gasteiger partial charge is 0.335 e. The van der Waals surface area contributed by atoms with Gasteiger partial charge in [-0.15, -0.1) is 5.10 Å². The van der Waals surface area contributed by atoms with E-state index in [0.29, 0.717) is 12.6 Å². The Bertz CT molecular complexity index is 361. The molecule has 0 spiro atoms. The van der Waals surface area contributed by atoms with Crippen molar-refractivity contribution in [2.75, 3.05) is 18.0 Å². The van der Waals surface area contributed by atoms with Crippen molar-refractivity contribution in [3.05, 3.63) is 11.4 Å². The Morgan fingerprint density at radius 2 is 2.00 bits per heavy atom. The molecule has 1 fully saturated rings. The van der Waals surface area contributed by atoms with Gasteiger partial charge in [0, 0.05) is 19.1 Å². The summed E-state index contributed by atoms with van der Waals surface area (Å²) in [5.41, 5.74) is 7.48. The Hall–Kier alpha value is -1.23. The maximum absolute atomic E-state index is 5.63. The molecule has 2 rings (SSSR count). The molecular weight excluding hydrogens is 202 g/mol. The molecule has 1 aromatic rings. The standard InChI is InChI=1S/C11H19N5/c1-8-9(2)14-15-11(13-8)16(7-6-12)10-4-3-5-10/h10H,3-7,12H2,1-2H3. The molecule has 0 radical (unpaired) electrons. The number of nitrogens with two attached hydrogens (primary N) is 1. The van der Waals surface area contributed by atoms with E-state index >= 15 is 0 Å². The van der Waals surface area contributed by atoms with Crippen LogP contribution >= 0.6 is 0 Å². The van der Waals surface area contributed by atoms with Crippen LogP contribution in [0.1, 0.15) is 30.7 Å². The molecule has 0 aliphatic heterocycles. The van der Waals surface area contributed by atoms with Crippen molar-refractivity contribution in [3.63, 3.8) is 0 Å². The van der Waals surface area contributed by atoms with Gasteiger partial charge in [0.2, 0.25) is 5.95 Å². The smallest absolute Gasteiger partial charge is 0.245 e. The van der Waals surface area contributed by atoms with Crippen LogP contribution in [0.3, 0.4) is 0 Å². The Labute approximate surface area is 96.1 Å². The molecule has 0 atom stereocenters.